The highest BCUT2D eigenvalue weighted by atomic mass is 16.4. The maximum atomic E-state index is 13.2. The standard InChI is InChI=1S/C36H42N6O6/c1-20-12-31(38-15-25(20)14-37-22(3)18-43)34(45)41-29-10-6-8-27(23(29)4)28-9-7-11-30(24(28)5)42-35(46)32-13-21(2)26(16-39-32)17-40-33(19-44)36(47)48/h6-13,15-16,22,33,37,40,43-44H,14,17-19H2,1-5H3,(H,41,45)(H,42,46)(H,47,48). The molecule has 0 saturated carbocycles. The molecule has 252 valence electrons. The van der Waals surface area contributed by atoms with Crippen molar-refractivity contribution in [3.63, 3.8) is 0 Å². The lowest BCUT2D eigenvalue weighted by molar-refractivity contribution is -0.140. The predicted molar refractivity (Wildman–Crippen MR) is 184 cm³/mol. The van der Waals surface area contributed by atoms with E-state index in [0.29, 0.717) is 29.2 Å². The van der Waals surface area contributed by atoms with Crippen LogP contribution in [0.1, 0.15) is 61.3 Å². The number of carboxylic acid groups (broad SMARTS) is 1. The number of pyridine rings is 2. The van der Waals surface area contributed by atoms with Crippen molar-refractivity contribution in [2.24, 2.45) is 0 Å². The molecule has 12 heteroatoms. The molecule has 0 radical (unpaired) electrons. The number of benzene rings is 2. The third kappa shape index (κ3) is 8.66. The number of aryl methyl sites for hydroxylation is 2. The molecule has 4 rings (SSSR count). The molecule has 0 aliphatic rings. The first-order valence-corrected chi connectivity index (χ1v) is 15.6. The van der Waals surface area contributed by atoms with Crippen molar-refractivity contribution in [1.82, 2.24) is 20.6 Å². The van der Waals surface area contributed by atoms with Crippen molar-refractivity contribution in [3.05, 3.63) is 106 Å². The van der Waals surface area contributed by atoms with Crippen LogP contribution in [-0.4, -0.2) is 68.4 Å². The molecule has 4 aromatic rings. The third-order valence-electron chi connectivity index (χ3n) is 8.29. The van der Waals surface area contributed by atoms with Gasteiger partial charge in [-0.05, 0) is 103 Å². The van der Waals surface area contributed by atoms with Crippen molar-refractivity contribution in [1.29, 1.82) is 0 Å². The number of carbonyl (C=O) groups is 3. The summed E-state index contributed by atoms with van der Waals surface area (Å²) in [6.07, 6.45) is 3.19. The smallest absolute Gasteiger partial charge is 0.323 e. The van der Waals surface area contributed by atoms with E-state index in [4.69, 9.17) is 5.11 Å². The number of aromatic nitrogens is 2. The van der Waals surface area contributed by atoms with E-state index in [9.17, 15) is 24.6 Å². The zero-order valence-electron chi connectivity index (χ0n) is 27.7. The van der Waals surface area contributed by atoms with Crippen molar-refractivity contribution in [2.75, 3.05) is 23.8 Å². The van der Waals surface area contributed by atoms with Crippen LogP contribution >= 0.6 is 0 Å². The first-order chi connectivity index (χ1) is 22.9. The monoisotopic (exact) mass is 654 g/mol. The van der Waals surface area contributed by atoms with Gasteiger partial charge < -0.3 is 31.3 Å². The minimum atomic E-state index is -1.16. The van der Waals surface area contributed by atoms with Crippen molar-refractivity contribution >= 4 is 29.2 Å². The summed E-state index contributed by atoms with van der Waals surface area (Å²) >= 11 is 0. The van der Waals surface area contributed by atoms with Gasteiger partial charge in [0.2, 0.25) is 0 Å². The van der Waals surface area contributed by atoms with Gasteiger partial charge in [-0.15, -0.1) is 0 Å². The fourth-order valence-electron chi connectivity index (χ4n) is 5.10. The molecule has 2 amide bonds. The molecular formula is C36H42N6O6. The van der Waals surface area contributed by atoms with Crippen LogP contribution in [0, 0.1) is 27.7 Å². The van der Waals surface area contributed by atoms with Gasteiger partial charge in [0.05, 0.1) is 13.2 Å². The van der Waals surface area contributed by atoms with Crippen LogP contribution in [0.5, 0.6) is 0 Å². The van der Waals surface area contributed by atoms with E-state index >= 15 is 0 Å². The van der Waals surface area contributed by atoms with E-state index in [1.165, 1.54) is 6.20 Å². The number of amides is 2. The second-order valence-corrected chi connectivity index (χ2v) is 11.8. The lowest BCUT2D eigenvalue weighted by Crippen LogP contribution is -2.39. The van der Waals surface area contributed by atoms with Crippen molar-refractivity contribution in [2.45, 2.75) is 59.8 Å². The largest absolute Gasteiger partial charge is 0.480 e. The van der Waals surface area contributed by atoms with E-state index in [0.717, 1.165) is 38.9 Å². The lowest BCUT2D eigenvalue weighted by Gasteiger charge is -2.17. The summed E-state index contributed by atoms with van der Waals surface area (Å²) in [6.45, 7) is 9.63. The minimum absolute atomic E-state index is 0.0294. The van der Waals surface area contributed by atoms with Crippen molar-refractivity contribution in [3.8, 4) is 11.1 Å². The van der Waals surface area contributed by atoms with Gasteiger partial charge in [0.25, 0.3) is 11.8 Å². The van der Waals surface area contributed by atoms with E-state index in [1.54, 1.807) is 31.3 Å². The molecule has 48 heavy (non-hydrogen) atoms. The Kier molecular flexibility index (Phi) is 12.1. The molecule has 0 fully saturated rings. The van der Waals surface area contributed by atoms with Crippen LogP contribution in [0.25, 0.3) is 11.1 Å². The Bertz CT molecular complexity index is 1810. The molecule has 2 atom stereocenters. The Morgan fingerprint density at radius 2 is 1.17 bits per heavy atom. The van der Waals surface area contributed by atoms with Crippen LogP contribution in [0.2, 0.25) is 0 Å². The Labute approximate surface area is 279 Å². The number of hydrogen-bond donors (Lipinski definition) is 7. The maximum absolute atomic E-state index is 13.2. The average Bonchev–Trinajstić information content (AvgIpc) is 3.06. The molecule has 2 unspecified atom stereocenters. The topological polar surface area (TPSA) is 186 Å². The summed E-state index contributed by atoms with van der Waals surface area (Å²) in [7, 11) is 0. The van der Waals surface area contributed by atoms with Gasteiger partial charge in [-0.25, -0.2) is 0 Å². The number of aliphatic hydroxyl groups is 2. The zero-order valence-corrected chi connectivity index (χ0v) is 27.7. The van der Waals surface area contributed by atoms with Gasteiger partial charge in [0, 0.05) is 42.9 Å². The van der Waals surface area contributed by atoms with E-state index in [2.05, 4.69) is 31.2 Å². The molecule has 7 N–H and O–H groups in total. The number of carboxylic acids is 1. The number of aliphatic hydroxyl groups excluding tert-OH is 2. The molecule has 2 heterocycles. The van der Waals surface area contributed by atoms with Gasteiger partial charge in [-0.2, -0.15) is 0 Å². The number of carbonyl (C=O) groups excluding carboxylic acids is 2. The first kappa shape index (κ1) is 35.8. The number of aliphatic carboxylic acids is 1. The minimum Gasteiger partial charge on any atom is -0.480 e. The molecule has 0 aliphatic carbocycles. The van der Waals surface area contributed by atoms with Gasteiger partial charge in [0.15, 0.2) is 0 Å². The van der Waals surface area contributed by atoms with Crippen LogP contribution in [0.15, 0.2) is 60.9 Å². The predicted octanol–water partition coefficient (Wildman–Crippen LogP) is 3.89. The molecule has 2 aromatic carbocycles. The SMILES string of the molecule is Cc1cc(C(=O)Nc2cccc(-c3cccc(NC(=O)c4cc(C)c(CNC(CO)C(=O)O)cn4)c3C)c2C)ncc1CNC(C)CO. The Morgan fingerprint density at radius 3 is 1.56 bits per heavy atom. The van der Waals surface area contributed by atoms with Gasteiger partial charge in [-0.3, -0.25) is 29.7 Å². The van der Waals surface area contributed by atoms with Crippen molar-refractivity contribution < 1.29 is 29.7 Å². The number of hydrogen-bond acceptors (Lipinski definition) is 9. The number of nitrogens with zero attached hydrogens (tertiary/aromatic N) is 2. The van der Waals surface area contributed by atoms with Gasteiger partial charge >= 0.3 is 5.97 Å². The number of anilines is 2. The summed E-state index contributed by atoms with van der Waals surface area (Å²) in [4.78, 5) is 46.2. The molecule has 2 aromatic heterocycles. The number of nitrogens with one attached hydrogen (secondary N) is 4. The quantitative estimate of drug-likeness (QED) is 0.105. The van der Waals surface area contributed by atoms with E-state index in [1.807, 2.05) is 58.0 Å². The molecule has 0 bridgehead atoms. The van der Waals surface area contributed by atoms with Crippen LogP contribution in [0.3, 0.4) is 0 Å². The zero-order chi connectivity index (χ0) is 35.0. The van der Waals surface area contributed by atoms with Crippen LogP contribution in [0.4, 0.5) is 11.4 Å². The summed E-state index contributed by atoms with van der Waals surface area (Å²) in [5.74, 6) is -1.89. The van der Waals surface area contributed by atoms with Gasteiger partial charge in [-0.1, -0.05) is 24.3 Å². The Balaban J connectivity index is 1.48. The Morgan fingerprint density at radius 1 is 0.708 bits per heavy atom. The number of rotatable bonds is 14. The summed E-state index contributed by atoms with van der Waals surface area (Å²) in [5.41, 5.74) is 8.48. The van der Waals surface area contributed by atoms with E-state index in [-0.39, 0.29) is 30.8 Å². The van der Waals surface area contributed by atoms with Crippen LogP contribution < -0.4 is 21.3 Å². The maximum Gasteiger partial charge on any atom is 0.323 e. The third-order valence-corrected chi connectivity index (χ3v) is 8.29. The highest BCUT2D eigenvalue weighted by Crippen LogP contribution is 2.34. The second kappa shape index (κ2) is 16.2. The highest BCUT2D eigenvalue weighted by Gasteiger charge is 2.18. The lowest BCUT2D eigenvalue weighted by atomic mass is 9.94. The highest BCUT2D eigenvalue weighted by molar-refractivity contribution is 6.05. The average molecular weight is 655 g/mol. The molecular weight excluding hydrogens is 612 g/mol. The van der Waals surface area contributed by atoms with Gasteiger partial charge in [0.1, 0.15) is 17.4 Å². The normalized spacial score (nSPS) is 12.3. The summed E-state index contributed by atoms with van der Waals surface area (Å²) in [5, 5.41) is 39.5. The first-order valence-electron chi connectivity index (χ1n) is 15.6. The van der Waals surface area contributed by atoms with E-state index < -0.39 is 24.5 Å². The Hall–Kier alpha value is -5.01. The van der Waals surface area contributed by atoms with Crippen LogP contribution in [-0.2, 0) is 17.9 Å². The fourth-order valence-corrected chi connectivity index (χ4v) is 5.10. The summed E-state index contributed by atoms with van der Waals surface area (Å²) < 4.78 is 0. The second-order valence-electron chi connectivity index (χ2n) is 11.8. The molecule has 0 aliphatic heterocycles. The fraction of sp³-hybridized carbons (Fsp3) is 0.306. The summed E-state index contributed by atoms with van der Waals surface area (Å²) in [6, 6.07) is 13.5. The molecule has 0 spiro atoms. The molecule has 0 saturated heterocycles. The molecule has 12 nitrogen and oxygen atoms in total.